The standard InChI is InChI=1S/C16H12Cl2N2O/c1-9-4-2-3-5-11(9)15-14(16(19)21-20-15)12-7-6-10(17)8-13(12)18/h2-8H,19H2,1H3. The van der Waals surface area contributed by atoms with Gasteiger partial charge in [-0.1, -0.05) is 58.7 Å². The van der Waals surface area contributed by atoms with Crippen LogP contribution in [0.4, 0.5) is 5.88 Å². The molecular weight excluding hydrogens is 307 g/mol. The van der Waals surface area contributed by atoms with Gasteiger partial charge in [-0.25, -0.2) is 0 Å². The number of nitrogens with zero attached hydrogens (tertiary/aromatic N) is 1. The summed E-state index contributed by atoms with van der Waals surface area (Å²) in [6.45, 7) is 2.01. The number of hydrogen-bond acceptors (Lipinski definition) is 3. The molecule has 5 heteroatoms. The molecule has 0 amide bonds. The van der Waals surface area contributed by atoms with E-state index in [1.54, 1.807) is 12.1 Å². The van der Waals surface area contributed by atoms with E-state index in [0.29, 0.717) is 21.3 Å². The average molecular weight is 319 g/mol. The minimum absolute atomic E-state index is 0.234. The second-order valence-electron chi connectivity index (χ2n) is 4.71. The fourth-order valence-electron chi connectivity index (χ4n) is 2.28. The van der Waals surface area contributed by atoms with E-state index in [9.17, 15) is 0 Å². The molecule has 0 spiro atoms. The van der Waals surface area contributed by atoms with Gasteiger partial charge in [-0.15, -0.1) is 0 Å². The number of nitrogen functional groups attached to an aromatic ring is 1. The summed E-state index contributed by atoms with van der Waals surface area (Å²) in [7, 11) is 0. The molecular formula is C16H12Cl2N2O. The number of benzene rings is 2. The topological polar surface area (TPSA) is 52.0 Å². The van der Waals surface area contributed by atoms with E-state index in [-0.39, 0.29) is 5.88 Å². The van der Waals surface area contributed by atoms with E-state index in [1.807, 2.05) is 37.3 Å². The minimum atomic E-state index is 0.234. The van der Waals surface area contributed by atoms with Crippen molar-refractivity contribution in [1.29, 1.82) is 0 Å². The van der Waals surface area contributed by atoms with Crippen LogP contribution in [0.2, 0.25) is 10.0 Å². The van der Waals surface area contributed by atoms with E-state index in [0.717, 1.165) is 16.7 Å². The number of nitrogens with two attached hydrogens (primary N) is 1. The van der Waals surface area contributed by atoms with Gasteiger partial charge in [0, 0.05) is 16.1 Å². The molecule has 0 radical (unpaired) electrons. The van der Waals surface area contributed by atoms with Gasteiger partial charge >= 0.3 is 0 Å². The van der Waals surface area contributed by atoms with Gasteiger partial charge in [-0.05, 0) is 24.6 Å². The molecule has 3 rings (SSSR count). The Balaban J connectivity index is 2.25. The van der Waals surface area contributed by atoms with Crippen molar-refractivity contribution >= 4 is 29.1 Å². The number of halogens is 2. The number of hydrogen-bond donors (Lipinski definition) is 1. The van der Waals surface area contributed by atoms with Crippen molar-refractivity contribution in [1.82, 2.24) is 5.16 Å². The predicted molar refractivity (Wildman–Crippen MR) is 86.5 cm³/mol. The van der Waals surface area contributed by atoms with Gasteiger partial charge in [0.15, 0.2) is 0 Å². The molecule has 0 atom stereocenters. The molecule has 21 heavy (non-hydrogen) atoms. The fraction of sp³-hybridized carbons (Fsp3) is 0.0625. The molecule has 106 valence electrons. The summed E-state index contributed by atoms with van der Waals surface area (Å²) in [6, 6.07) is 13.1. The van der Waals surface area contributed by atoms with Crippen LogP contribution in [-0.2, 0) is 0 Å². The smallest absolute Gasteiger partial charge is 0.230 e. The molecule has 0 saturated heterocycles. The lowest BCUT2D eigenvalue weighted by atomic mass is 9.98. The zero-order valence-corrected chi connectivity index (χ0v) is 12.7. The van der Waals surface area contributed by atoms with Crippen LogP contribution in [0.3, 0.4) is 0 Å². The lowest BCUT2D eigenvalue weighted by molar-refractivity contribution is 0.439. The fourth-order valence-corrected chi connectivity index (χ4v) is 2.78. The van der Waals surface area contributed by atoms with Crippen LogP contribution in [0, 0.1) is 6.92 Å². The maximum Gasteiger partial charge on any atom is 0.230 e. The SMILES string of the molecule is Cc1ccccc1-c1noc(N)c1-c1ccc(Cl)cc1Cl. The molecule has 2 N–H and O–H groups in total. The summed E-state index contributed by atoms with van der Waals surface area (Å²) in [5.41, 5.74) is 10.1. The Morgan fingerprint density at radius 3 is 2.52 bits per heavy atom. The van der Waals surface area contributed by atoms with Crippen molar-refractivity contribution in [3.63, 3.8) is 0 Å². The van der Waals surface area contributed by atoms with Crippen LogP contribution in [0.1, 0.15) is 5.56 Å². The highest BCUT2D eigenvalue weighted by Gasteiger charge is 2.20. The number of rotatable bonds is 2. The van der Waals surface area contributed by atoms with Crippen LogP contribution in [0.25, 0.3) is 22.4 Å². The summed E-state index contributed by atoms with van der Waals surface area (Å²) in [4.78, 5) is 0. The van der Waals surface area contributed by atoms with E-state index in [1.165, 1.54) is 0 Å². The van der Waals surface area contributed by atoms with Crippen LogP contribution in [-0.4, -0.2) is 5.16 Å². The molecule has 0 aliphatic carbocycles. The summed E-state index contributed by atoms with van der Waals surface area (Å²) in [5.74, 6) is 0.234. The first-order chi connectivity index (χ1) is 10.1. The van der Waals surface area contributed by atoms with Gasteiger partial charge in [0.1, 0.15) is 5.69 Å². The first kappa shape index (κ1) is 14.0. The van der Waals surface area contributed by atoms with Crippen molar-refractivity contribution in [3.8, 4) is 22.4 Å². The van der Waals surface area contributed by atoms with Gasteiger partial charge in [0.05, 0.1) is 10.6 Å². The zero-order chi connectivity index (χ0) is 15.0. The quantitative estimate of drug-likeness (QED) is 0.706. The lowest BCUT2D eigenvalue weighted by Gasteiger charge is -2.07. The molecule has 0 aliphatic rings. The van der Waals surface area contributed by atoms with E-state index in [2.05, 4.69) is 5.16 Å². The Hall–Kier alpha value is -1.97. The highest BCUT2D eigenvalue weighted by molar-refractivity contribution is 6.36. The van der Waals surface area contributed by atoms with Gasteiger partial charge < -0.3 is 10.3 Å². The monoisotopic (exact) mass is 318 g/mol. The molecule has 1 aromatic heterocycles. The maximum absolute atomic E-state index is 6.28. The summed E-state index contributed by atoms with van der Waals surface area (Å²) in [5, 5.41) is 5.17. The predicted octanol–water partition coefficient (Wildman–Crippen LogP) is 5.21. The van der Waals surface area contributed by atoms with Crippen molar-refractivity contribution in [3.05, 3.63) is 58.1 Å². The molecule has 3 aromatic rings. The Morgan fingerprint density at radius 2 is 1.81 bits per heavy atom. The summed E-state index contributed by atoms with van der Waals surface area (Å²) in [6.07, 6.45) is 0. The summed E-state index contributed by atoms with van der Waals surface area (Å²) >= 11 is 12.2. The second kappa shape index (κ2) is 5.43. The maximum atomic E-state index is 6.28. The number of aromatic nitrogens is 1. The zero-order valence-electron chi connectivity index (χ0n) is 11.2. The third-order valence-corrected chi connectivity index (χ3v) is 3.87. The van der Waals surface area contributed by atoms with Gasteiger partial charge in [0.25, 0.3) is 0 Å². The highest BCUT2D eigenvalue weighted by atomic mass is 35.5. The Bertz CT molecular complexity index is 812. The Labute approximate surface area is 132 Å². The van der Waals surface area contributed by atoms with Crippen molar-refractivity contribution in [2.75, 3.05) is 5.73 Å². The lowest BCUT2D eigenvalue weighted by Crippen LogP contribution is -1.90. The highest BCUT2D eigenvalue weighted by Crippen LogP contribution is 2.41. The minimum Gasteiger partial charge on any atom is -0.367 e. The van der Waals surface area contributed by atoms with Crippen LogP contribution >= 0.6 is 23.2 Å². The largest absolute Gasteiger partial charge is 0.367 e. The molecule has 3 nitrogen and oxygen atoms in total. The average Bonchev–Trinajstić information content (AvgIpc) is 2.81. The van der Waals surface area contributed by atoms with Crippen molar-refractivity contribution < 1.29 is 4.52 Å². The van der Waals surface area contributed by atoms with Crippen LogP contribution in [0.5, 0.6) is 0 Å². The molecule has 0 bridgehead atoms. The van der Waals surface area contributed by atoms with E-state index < -0.39 is 0 Å². The molecule has 0 saturated carbocycles. The van der Waals surface area contributed by atoms with Crippen LogP contribution < -0.4 is 5.73 Å². The van der Waals surface area contributed by atoms with Crippen molar-refractivity contribution in [2.24, 2.45) is 0 Å². The van der Waals surface area contributed by atoms with Gasteiger partial charge in [-0.3, -0.25) is 0 Å². The third-order valence-electron chi connectivity index (χ3n) is 3.32. The number of aryl methyl sites for hydroxylation is 1. The van der Waals surface area contributed by atoms with Crippen LogP contribution in [0.15, 0.2) is 47.0 Å². The third kappa shape index (κ3) is 2.50. The summed E-state index contributed by atoms with van der Waals surface area (Å²) < 4.78 is 5.18. The van der Waals surface area contributed by atoms with Gasteiger partial charge in [-0.2, -0.15) is 0 Å². The first-order valence-corrected chi connectivity index (χ1v) is 7.10. The Kier molecular flexibility index (Phi) is 3.62. The van der Waals surface area contributed by atoms with E-state index >= 15 is 0 Å². The second-order valence-corrected chi connectivity index (χ2v) is 5.55. The molecule has 2 aromatic carbocycles. The molecule has 0 fully saturated rings. The number of anilines is 1. The Morgan fingerprint density at radius 1 is 1.05 bits per heavy atom. The normalized spacial score (nSPS) is 10.8. The van der Waals surface area contributed by atoms with Crippen molar-refractivity contribution in [2.45, 2.75) is 6.92 Å². The van der Waals surface area contributed by atoms with E-state index in [4.69, 9.17) is 33.5 Å². The van der Waals surface area contributed by atoms with Gasteiger partial charge in [0.2, 0.25) is 5.88 Å². The molecule has 0 unspecified atom stereocenters. The molecule has 0 aliphatic heterocycles. The molecule has 1 heterocycles. The first-order valence-electron chi connectivity index (χ1n) is 6.34.